The van der Waals surface area contributed by atoms with E-state index in [1.165, 1.54) is 0 Å². The van der Waals surface area contributed by atoms with Gasteiger partial charge in [0, 0.05) is 19.8 Å². The molecule has 0 saturated carbocycles. The summed E-state index contributed by atoms with van der Waals surface area (Å²) in [6.07, 6.45) is 3.13. The fourth-order valence-corrected chi connectivity index (χ4v) is 2.15. The zero-order valence-corrected chi connectivity index (χ0v) is 12.0. The van der Waals surface area contributed by atoms with Gasteiger partial charge >= 0.3 is 0 Å². The third-order valence-corrected chi connectivity index (χ3v) is 2.94. The van der Waals surface area contributed by atoms with Crippen LogP contribution in [0.5, 0.6) is 0 Å². The van der Waals surface area contributed by atoms with Crippen molar-refractivity contribution in [2.45, 2.75) is 58.5 Å². The van der Waals surface area contributed by atoms with Crippen LogP contribution in [0.25, 0.3) is 0 Å². The fourth-order valence-electron chi connectivity index (χ4n) is 1.63. The largest absolute Gasteiger partial charge is 0.373 e. The van der Waals surface area contributed by atoms with Crippen LogP contribution in [0, 0.1) is 0 Å². The lowest BCUT2D eigenvalue weighted by atomic mass is 10.1. The Morgan fingerprint density at radius 3 is 1.94 bits per heavy atom. The predicted octanol–water partition coefficient (Wildman–Crippen LogP) is 2.48. The Labute approximate surface area is 103 Å². The van der Waals surface area contributed by atoms with Crippen molar-refractivity contribution in [2.75, 3.05) is 19.8 Å². The van der Waals surface area contributed by atoms with E-state index >= 15 is 0 Å². The summed E-state index contributed by atoms with van der Waals surface area (Å²) in [4.78, 5) is 0. The van der Waals surface area contributed by atoms with Gasteiger partial charge in [0.15, 0.2) is 5.41 Å². The van der Waals surface area contributed by atoms with Gasteiger partial charge in [-0.3, -0.25) is 0 Å². The predicted molar refractivity (Wildman–Crippen MR) is 66.7 cm³/mol. The monoisotopic (exact) mass is 245 g/mol. The maximum Gasteiger partial charge on any atom is 0.169 e. The van der Waals surface area contributed by atoms with E-state index in [2.05, 4.69) is 17.2 Å². The quantitative estimate of drug-likeness (QED) is 0.437. The van der Waals surface area contributed by atoms with Crippen LogP contribution < -0.4 is 0 Å². The van der Waals surface area contributed by atoms with Gasteiger partial charge in [-0.15, -0.1) is 0 Å². The molecule has 0 amide bonds. The normalized spacial score (nSPS) is 14.1. The lowest BCUT2D eigenvalue weighted by Gasteiger charge is -2.36. The first-order valence-corrected chi connectivity index (χ1v) is 6.79. The van der Waals surface area contributed by atoms with E-state index in [0.717, 1.165) is 19.3 Å². The molecule has 3 radical (unpaired) electrons. The Hall–Kier alpha value is 0.0969. The fraction of sp³-hybridized carbons (Fsp3) is 1.00. The van der Waals surface area contributed by atoms with Crippen LogP contribution in [-0.2, 0) is 14.2 Å². The highest BCUT2D eigenvalue weighted by Crippen LogP contribution is 2.22. The summed E-state index contributed by atoms with van der Waals surface area (Å²) in [6.45, 7) is 9.93. The molecular formula is C12H25O3Si. The molecule has 3 nitrogen and oxygen atoms in total. The molecule has 0 rings (SSSR count). The van der Waals surface area contributed by atoms with Crippen LogP contribution in [0.2, 0.25) is 0 Å². The van der Waals surface area contributed by atoms with Gasteiger partial charge in [0.1, 0.15) is 16.3 Å². The van der Waals surface area contributed by atoms with Crippen molar-refractivity contribution in [3.63, 3.8) is 0 Å². The molecule has 1 atom stereocenters. The van der Waals surface area contributed by atoms with Gasteiger partial charge in [-0.1, -0.05) is 19.8 Å². The zero-order chi connectivity index (χ0) is 12.4. The topological polar surface area (TPSA) is 27.7 Å². The molecule has 95 valence electrons. The smallest absolute Gasteiger partial charge is 0.169 e. The molecule has 0 aliphatic carbocycles. The molecule has 0 spiro atoms. The zero-order valence-electron chi connectivity index (χ0n) is 11.0. The Bertz CT molecular complexity index is 158. The second-order valence-electron chi connectivity index (χ2n) is 3.62. The van der Waals surface area contributed by atoms with Crippen molar-refractivity contribution in [1.82, 2.24) is 0 Å². The highest BCUT2D eigenvalue weighted by molar-refractivity contribution is 6.13. The number of hydrogen-bond acceptors (Lipinski definition) is 3. The molecule has 0 aromatic carbocycles. The van der Waals surface area contributed by atoms with E-state index in [0.29, 0.717) is 19.8 Å². The first-order chi connectivity index (χ1) is 7.64. The molecule has 1 unspecified atom stereocenters. The Kier molecular flexibility index (Phi) is 9.22. The molecule has 0 aliphatic heterocycles. The van der Waals surface area contributed by atoms with Crippen LogP contribution >= 0.6 is 0 Å². The van der Waals surface area contributed by atoms with E-state index in [1.807, 2.05) is 20.8 Å². The third kappa shape index (κ3) is 5.43. The van der Waals surface area contributed by atoms with Gasteiger partial charge in [0.25, 0.3) is 0 Å². The number of rotatable bonds is 10. The van der Waals surface area contributed by atoms with Crippen molar-refractivity contribution in [2.24, 2.45) is 0 Å². The van der Waals surface area contributed by atoms with Gasteiger partial charge in [-0.25, -0.2) is 0 Å². The maximum absolute atomic E-state index is 5.72. The third-order valence-electron chi connectivity index (χ3n) is 2.33. The second-order valence-corrected chi connectivity index (χ2v) is 4.32. The van der Waals surface area contributed by atoms with Crippen LogP contribution in [0.3, 0.4) is 0 Å². The van der Waals surface area contributed by atoms with Crippen LogP contribution in [0.15, 0.2) is 0 Å². The summed E-state index contributed by atoms with van der Waals surface area (Å²) in [5.74, 6) is 0. The summed E-state index contributed by atoms with van der Waals surface area (Å²) in [7, 11) is 3.59. The van der Waals surface area contributed by atoms with E-state index in [9.17, 15) is 0 Å². The summed E-state index contributed by atoms with van der Waals surface area (Å²) >= 11 is 0. The van der Waals surface area contributed by atoms with Crippen molar-refractivity contribution < 1.29 is 14.2 Å². The average molecular weight is 245 g/mol. The van der Waals surface area contributed by atoms with Gasteiger partial charge < -0.3 is 14.2 Å². The maximum atomic E-state index is 5.72. The van der Waals surface area contributed by atoms with Gasteiger partial charge in [0.05, 0.1) is 0 Å². The summed E-state index contributed by atoms with van der Waals surface area (Å²) in [5, 5.41) is 0. The molecule has 0 N–H and O–H groups in total. The lowest BCUT2D eigenvalue weighted by molar-refractivity contribution is -0.237. The average Bonchev–Trinajstić information content (AvgIpc) is 2.24. The minimum absolute atomic E-state index is 0.0611. The van der Waals surface area contributed by atoms with Crippen LogP contribution in [0.1, 0.15) is 47.0 Å². The van der Waals surface area contributed by atoms with Crippen molar-refractivity contribution in [1.29, 1.82) is 0 Å². The van der Waals surface area contributed by atoms with E-state index in [-0.39, 0.29) is 6.10 Å². The molecule has 0 fully saturated rings. The molecular weight excluding hydrogens is 220 g/mol. The minimum atomic E-state index is -0.797. The standard InChI is InChI=1S/C12H25O3Si/c1-5-9-10-11(13-6-2)12(16,14-7-3)15-8-4/h11H,5-10H2,1-4H3. The van der Waals surface area contributed by atoms with Gasteiger partial charge in [-0.05, 0) is 27.2 Å². The van der Waals surface area contributed by atoms with Gasteiger partial charge in [0.2, 0.25) is 0 Å². The number of unbranched alkanes of at least 4 members (excludes halogenated alkanes) is 1. The minimum Gasteiger partial charge on any atom is -0.373 e. The SMILES string of the molecule is CCCCC(OCC)C([Si])(OCC)OCC. The van der Waals surface area contributed by atoms with E-state index in [4.69, 9.17) is 14.2 Å². The molecule has 0 aromatic rings. The molecule has 0 aliphatic rings. The van der Waals surface area contributed by atoms with E-state index in [1.54, 1.807) is 0 Å². The Morgan fingerprint density at radius 1 is 1.00 bits per heavy atom. The van der Waals surface area contributed by atoms with Crippen molar-refractivity contribution in [3.05, 3.63) is 0 Å². The molecule has 4 heteroatoms. The van der Waals surface area contributed by atoms with Crippen LogP contribution in [0.4, 0.5) is 0 Å². The highest BCUT2D eigenvalue weighted by atomic mass is 28.1. The molecule has 0 heterocycles. The van der Waals surface area contributed by atoms with Crippen molar-refractivity contribution >= 4 is 10.2 Å². The summed E-state index contributed by atoms with van der Waals surface area (Å²) in [5.41, 5.74) is -0.797. The number of hydrogen-bond donors (Lipinski definition) is 0. The molecule has 0 bridgehead atoms. The van der Waals surface area contributed by atoms with Gasteiger partial charge in [-0.2, -0.15) is 0 Å². The second kappa shape index (κ2) is 9.16. The first-order valence-electron chi connectivity index (χ1n) is 6.29. The van der Waals surface area contributed by atoms with Crippen LogP contribution in [-0.4, -0.2) is 41.6 Å². The lowest BCUT2D eigenvalue weighted by Crippen LogP contribution is -2.49. The Morgan fingerprint density at radius 2 is 1.56 bits per heavy atom. The summed E-state index contributed by atoms with van der Waals surface area (Å²) in [6, 6.07) is 0. The van der Waals surface area contributed by atoms with Crippen molar-refractivity contribution in [3.8, 4) is 0 Å². The number of ether oxygens (including phenoxy) is 3. The summed E-state index contributed by atoms with van der Waals surface area (Å²) < 4.78 is 17.0. The molecule has 16 heavy (non-hydrogen) atoms. The first kappa shape index (κ1) is 16.1. The Balaban J connectivity index is 4.49. The van der Waals surface area contributed by atoms with E-state index < -0.39 is 5.41 Å². The molecule has 0 aromatic heterocycles. The molecule has 0 saturated heterocycles. The highest BCUT2D eigenvalue weighted by Gasteiger charge is 2.35.